The minimum absolute atomic E-state index is 0.0356. The number of likely N-dealkylation sites (N-methyl/N-ethyl adjacent to an activating group) is 1. The summed E-state index contributed by atoms with van der Waals surface area (Å²) in [6.45, 7) is 8.01. The Labute approximate surface area is 214 Å². The molecule has 35 heavy (non-hydrogen) atoms. The summed E-state index contributed by atoms with van der Waals surface area (Å²) in [4.78, 5) is 24.2. The fraction of sp³-hybridized carbons (Fsp3) is 0.933. The lowest BCUT2D eigenvalue weighted by Gasteiger charge is -2.61. The quantitative estimate of drug-likeness (QED) is 0.332. The van der Waals surface area contributed by atoms with E-state index in [0.29, 0.717) is 40.1 Å². The van der Waals surface area contributed by atoms with Gasteiger partial charge in [-0.15, -0.1) is 0 Å². The largest absolute Gasteiger partial charge is 0.469 e. The van der Waals surface area contributed by atoms with Gasteiger partial charge < -0.3 is 14.0 Å². The third-order valence-electron chi connectivity index (χ3n) is 11.3. The van der Waals surface area contributed by atoms with Gasteiger partial charge in [-0.3, -0.25) is 4.79 Å². The van der Waals surface area contributed by atoms with E-state index in [0.717, 1.165) is 42.9 Å². The Kier molecular flexibility index (Phi) is 7.69. The summed E-state index contributed by atoms with van der Waals surface area (Å²) in [5, 5.41) is 0. The molecule has 0 bridgehead atoms. The third kappa shape index (κ3) is 5.31. The van der Waals surface area contributed by atoms with E-state index in [9.17, 15) is 9.59 Å². The fourth-order valence-corrected chi connectivity index (χ4v) is 9.56. The molecule has 0 aromatic carbocycles. The van der Waals surface area contributed by atoms with Crippen molar-refractivity contribution in [3.63, 3.8) is 0 Å². The molecule has 0 aromatic heterocycles. The molecule has 0 spiro atoms. The van der Waals surface area contributed by atoms with Crippen molar-refractivity contribution in [2.24, 2.45) is 46.3 Å². The molecule has 9 atom stereocenters. The molecule has 4 saturated carbocycles. The standard InChI is InChI=1S/C30H52NO4/c1-20(8-13-27(32)34-7)24-11-12-25-23-10-9-21-18-22(35-28(33)19-31(4,5)6)14-16-29(21,2)26(23)15-17-30(24,25)3/h20-26H,8-19H2,1-7H3/q+1/t20-,21-,22-,23+,24-,25+,26+,29+,30-/m1/s1. The van der Waals surface area contributed by atoms with Crippen LogP contribution in [0.3, 0.4) is 0 Å². The van der Waals surface area contributed by atoms with Gasteiger partial charge in [0.2, 0.25) is 0 Å². The molecule has 200 valence electrons. The Morgan fingerprint density at radius 3 is 2.29 bits per heavy atom. The van der Waals surface area contributed by atoms with Crippen LogP contribution in [-0.2, 0) is 19.1 Å². The van der Waals surface area contributed by atoms with Crippen LogP contribution in [0.15, 0.2) is 0 Å². The van der Waals surface area contributed by atoms with Gasteiger partial charge in [0.15, 0.2) is 6.54 Å². The van der Waals surface area contributed by atoms with E-state index in [1.54, 1.807) is 0 Å². The maximum atomic E-state index is 12.5. The van der Waals surface area contributed by atoms with E-state index in [2.05, 4.69) is 20.8 Å². The lowest BCUT2D eigenvalue weighted by Crippen LogP contribution is -2.54. The normalized spacial score (nSPS) is 41.8. The van der Waals surface area contributed by atoms with Gasteiger partial charge in [-0.25, -0.2) is 4.79 Å². The summed E-state index contributed by atoms with van der Waals surface area (Å²) >= 11 is 0. The van der Waals surface area contributed by atoms with Crippen LogP contribution >= 0.6 is 0 Å². The van der Waals surface area contributed by atoms with Crippen molar-refractivity contribution in [1.29, 1.82) is 0 Å². The van der Waals surface area contributed by atoms with Crippen LogP contribution in [0.25, 0.3) is 0 Å². The van der Waals surface area contributed by atoms with Gasteiger partial charge in [0.1, 0.15) is 6.10 Å². The zero-order valence-electron chi connectivity index (χ0n) is 23.6. The summed E-state index contributed by atoms with van der Waals surface area (Å²) in [5.41, 5.74) is 0.833. The van der Waals surface area contributed by atoms with Crippen LogP contribution in [0, 0.1) is 46.3 Å². The van der Waals surface area contributed by atoms with Crippen molar-refractivity contribution < 1.29 is 23.5 Å². The van der Waals surface area contributed by atoms with Crippen molar-refractivity contribution in [3.8, 4) is 0 Å². The first-order chi connectivity index (χ1) is 16.4. The topological polar surface area (TPSA) is 52.6 Å². The van der Waals surface area contributed by atoms with Crippen LogP contribution < -0.4 is 0 Å². The molecular weight excluding hydrogens is 438 g/mol. The van der Waals surface area contributed by atoms with Crippen molar-refractivity contribution >= 4 is 11.9 Å². The number of nitrogens with zero attached hydrogens (tertiary/aromatic N) is 1. The van der Waals surface area contributed by atoms with E-state index in [1.165, 1.54) is 52.1 Å². The lowest BCUT2D eigenvalue weighted by molar-refractivity contribution is -0.862. The first-order valence-electron chi connectivity index (χ1n) is 14.4. The molecule has 0 unspecified atom stereocenters. The predicted octanol–water partition coefficient (Wildman–Crippen LogP) is 5.85. The molecule has 4 aliphatic carbocycles. The lowest BCUT2D eigenvalue weighted by atomic mass is 9.44. The highest BCUT2D eigenvalue weighted by atomic mass is 16.5. The molecular formula is C30H52NO4+. The molecule has 4 rings (SSSR count). The van der Waals surface area contributed by atoms with Crippen molar-refractivity contribution in [3.05, 3.63) is 0 Å². The Balaban J connectivity index is 1.39. The summed E-state index contributed by atoms with van der Waals surface area (Å²) in [6.07, 6.45) is 13.0. The smallest absolute Gasteiger partial charge is 0.362 e. The van der Waals surface area contributed by atoms with E-state index in [1.807, 2.05) is 21.1 Å². The molecule has 0 aliphatic heterocycles. The number of esters is 2. The molecule has 5 heteroatoms. The van der Waals surface area contributed by atoms with Crippen molar-refractivity contribution in [2.45, 2.75) is 97.5 Å². The molecule has 0 heterocycles. The maximum absolute atomic E-state index is 12.5. The molecule has 0 radical (unpaired) electrons. The van der Waals surface area contributed by atoms with E-state index in [-0.39, 0.29) is 18.0 Å². The third-order valence-corrected chi connectivity index (χ3v) is 11.3. The van der Waals surface area contributed by atoms with Crippen LogP contribution in [0.4, 0.5) is 0 Å². The van der Waals surface area contributed by atoms with Gasteiger partial charge in [0.05, 0.1) is 28.3 Å². The molecule has 0 amide bonds. The van der Waals surface area contributed by atoms with Gasteiger partial charge in [-0.2, -0.15) is 0 Å². The van der Waals surface area contributed by atoms with Crippen molar-refractivity contribution in [1.82, 2.24) is 0 Å². The first-order valence-corrected chi connectivity index (χ1v) is 14.4. The Hall–Kier alpha value is -1.10. The van der Waals surface area contributed by atoms with Crippen LogP contribution in [0.5, 0.6) is 0 Å². The number of hydrogen-bond acceptors (Lipinski definition) is 4. The van der Waals surface area contributed by atoms with Crippen LogP contribution in [0.2, 0.25) is 0 Å². The van der Waals surface area contributed by atoms with Gasteiger partial charge in [0, 0.05) is 6.42 Å². The van der Waals surface area contributed by atoms with Crippen LogP contribution in [0.1, 0.15) is 91.4 Å². The molecule has 0 N–H and O–H groups in total. The van der Waals surface area contributed by atoms with Gasteiger partial charge in [0.25, 0.3) is 0 Å². The number of fused-ring (bicyclic) bond motifs is 5. The predicted molar refractivity (Wildman–Crippen MR) is 138 cm³/mol. The molecule has 0 saturated heterocycles. The first kappa shape index (κ1) is 26.9. The zero-order valence-corrected chi connectivity index (χ0v) is 23.6. The Bertz CT molecular complexity index is 790. The Morgan fingerprint density at radius 1 is 0.914 bits per heavy atom. The second-order valence-electron chi connectivity index (χ2n) is 14.3. The second-order valence-corrected chi connectivity index (χ2v) is 14.3. The number of methoxy groups -OCH3 is 1. The SMILES string of the molecule is COC(=O)CC[C@@H](C)[C@H]1CC[C@H]2[C@@H]3CC[C@@H]4C[C@H](OC(=O)C[N+](C)(C)C)CC[C@]4(C)[C@H]3CC[C@]12C. The van der Waals surface area contributed by atoms with E-state index >= 15 is 0 Å². The summed E-state index contributed by atoms with van der Waals surface area (Å²) in [7, 11) is 7.64. The summed E-state index contributed by atoms with van der Waals surface area (Å²) in [5.74, 6) is 4.43. The Morgan fingerprint density at radius 2 is 1.60 bits per heavy atom. The number of carbonyl (C=O) groups is 2. The highest BCUT2D eigenvalue weighted by Gasteiger charge is 2.60. The number of quaternary nitrogens is 1. The second kappa shape index (κ2) is 9.99. The number of rotatable bonds is 7. The van der Waals surface area contributed by atoms with E-state index < -0.39 is 0 Å². The van der Waals surface area contributed by atoms with Gasteiger partial charge in [-0.1, -0.05) is 20.8 Å². The van der Waals surface area contributed by atoms with Crippen LogP contribution in [-0.4, -0.2) is 57.3 Å². The summed E-state index contributed by atoms with van der Waals surface area (Å²) < 4.78 is 11.5. The van der Waals surface area contributed by atoms with E-state index in [4.69, 9.17) is 9.47 Å². The number of hydrogen-bond donors (Lipinski definition) is 0. The number of ether oxygens (including phenoxy) is 2. The number of carbonyl (C=O) groups excluding carboxylic acids is 2. The zero-order chi connectivity index (χ0) is 25.6. The molecule has 4 fully saturated rings. The average molecular weight is 491 g/mol. The molecule has 4 aliphatic rings. The monoisotopic (exact) mass is 490 g/mol. The van der Waals surface area contributed by atoms with Gasteiger partial charge >= 0.3 is 11.9 Å². The van der Waals surface area contributed by atoms with Gasteiger partial charge in [-0.05, 0) is 111 Å². The fourth-order valence-electron chi connectivity index (χ4n) is 9.56. The average Bonchev–Trinajstić information content (AvgIpc) is 3.13. The van der Waals surface area contributed by atoms with Crippen molar-refractivity contribution in [2.75, 3.05) is 34.8 Å². The summed E-state index contributed by atoms with van der Waals surface area (Å²) in [6, 6.07) is 0. The molecule has 0 aromatic rings. The maximum Gasteiger partial charge on any atom is 0.362 e. The minimum atomic E-state index is -0.0646. The highest BCUT2D eigenvalue weighted by Crippen LogP contribution is 2.68. The minimum Gasteiger partial charge on any atom is -0.469 e. The highest BCUT2D eigenvalue weighted by molar-refractivity contribution is 5.70. The molecule has 5 nitrogen and oxygen atoms in total.